The first-order valence-electron chi connectivity index (χ1n) is 6.66. The Kier molecular flexibility index (Phi) is 4.04. The first-order valence-corrected chi connectivity index (χ1v) is 6.66. The fourth-order valence-corrected chi connectivity index (χ4v) is 2.15. The molecule has 1 aromatic heterocycles. The normalized spacial score (nSPS) is 12.2. The molecule has 0 amide bonds. The smallest absolute Gasteiger partial charge is 0.0766 e. The predicted molar refractivity (Wildman–Crippen MR) is 75.5 cm³/mol. The number of fused-ring (bicyclic) bond motifs is 1. The number of aromatic nitrogens is 1. The van der Waals surface area contributed by atoms with E-state index in [-0.39, 0.29) is 0 Å². The number of aliphatic hydroxyl groups is 1. The Bertz CT molecular complexity index is 500. The number of aromatic amines is 1. The minimum atomic E-state index is -0.571. The zero-order chi connectivity index (χ0) is 13.0. The average Bonchev–Trinajstić information content (AvgIpc) is 2.86. The van der Waals surface area contributed by atoms with Crippen LogP contribution in [0.25, 0.3) is 10.9 Å². The van der Waals surface area contributed by atoms with Crippen LogP contribution >= 0.6 is 0 Å². The highest BCUT2D eigenvalue weighted by Gasteiger charge is 2.20. The van der Waals surface area contributed by atoms with Gasteiger partial charge in [0.1, 0.15) is 0 Å². The van der Waals surface area contributed by atoms with E-state index in [0.717, 1.165) is 24.9 Å². The van der Waals surface area contributed by atoms with Gasteiger partial charge in [-0.25, -0.2) is 0 Å². The van der Waals surface area contributed by atoms with Crippen LogP contribution < -0.4 is 5.32 Å². The number of benzene rings is 1. The van der Waals surface area contributed by atoms with Gasteiger partial charge >= 0.3 is 0 Å². The molecule has 0 radical (unpaired) electrons. The molecule has 0 aliphatic rings. The van der Waals surface area contributed by atoms with Crippen LogP contribution in [0.2, 0.25) is 0 Å². The van der Waals surface area contributed by atoms with Crippen LogP contribution in [0.5, 0.6) is 0 Å². The number of rotatable bonds is 6. The lowest BCUT2D eigenvalue weighted by Crippen LogP contribution is -2.39. The molecule has 1 heterocycles. The molecule has 0 saturated heterocycles. The summed E-state index contributed by atoms with van der Waals surface area (Å²) in [5.74, 6) is 0. The van der Waals surface area contributed by atoms with Gasteiger partial charge in [0, 0.05) is 24.8 Å². The maximum Gasteiger partial charge on any atom is 0.0766 e. The number of hydrogen-bond donors (Lipinski definition) is 3. The van der Waals surface area contributed by atoms with Crippen LogP contribution in [0.3, 0.4) is 0 Å². The molecule has 0 aliphatic heterocycles. The van der Waals surface area contributed by atoms with Gasteiger partial charge in [-0.2, -0.15) is 0 Å². The van der Waals surface area contributed by atoms with Gasteiger partial charge in [0.15, 0.2) is 0 Å². The zero-order valence-electron chi connectivity index (χ0n) is 11.2. The molecule has 3 heteroatoms. The van der Waals surface area contributed by atoms with Crippen molar-refractivity contribution in [3.05, 3.63) is 36.0 Å². The van der Waals surface area contributed by atoms with Gasteiger partial charge in [0.25, 0.3) is 0 Å². The van der Waals surface area contributed by atoms with Gasteiger partial charge in [0.2, 0.25) is 0 Å². The quantitative estimate of drug-likeness (QED) is 0.734. The van der Waals surface area contributed by atoms with Gasteiger partial charge in [0.05, 0.1) is 5.60 Å². The molecule has 0 atom stereocenters. The summed E-state index contributed by atoms with van der Waals surface area (Å²) in [6.07, 6.45) is 3.52. The van der Waals surface area contributed by atoms with Crippen molar-refractivity contribution < 1.29 is 5.11 Å². The molecule has 0 spiro atoms. The van der Waals surface area contributed by atoms with Crippen molar-refractivity contribution in [2.45, 2.75) is 38.8 Å². The van der Waals surface area contributed by atoms with Gasteiger partial charge in [-0.15, -0.1) is 0 Å². The molecule has 0 fully saturated rings. The van der Waals surface area contributed by atoms with E-state index in [9.17, 15) is 5.11 Å². The molecule has 3 nitrogen and oxygen atoms in total. The van der Waals surface area contributed by atoms with Crippen LogP contribution in [-0.2, 0) is 6.54 Å². The summed E-state index contributed by atoms with van der Waals surface area (Å²) >= 11 is 0. The summed E-state index contributed by atoms with van der Waals surface area (Å²) < 4.78 is 0. The van der Waals surface area contributed by atoms with Crippen molar-refractivity contribution in [3.63, 3.8) is 0 Å². The third-order valence-electron chi connectivity index (χ3n) is 3.72. The lowest BCUT2D eigenvalue weighted by atomic mass is 9.97. The Labute approximate surface area is 108 Å². The molecule has 0 unspecified atom stereocenters. The molecule has 98 valence electrons. The topological polar surface area (TPSA) is 48.0 Å². The van der Waals surface area contributed by atoms with Crippen molar-refractivity contribution in [3.8, 4) is 0 Å². The molecule has 18 heavy (non-hydrogen) atoms. The first kappa shape index (κ1) is 13.1. The third kappa shape index (κ3) is 2.92. The fourth-order valence-electron chi connectivity index (χ4n) is 2.15. The second kappa shape index (κ2) is 5.55. The van der Waals surface area contributed by atoms with Crippen molar-refractivity contribution in [2.75, 3.05) is 6.54 Å². The fraction of sp³-hybridized carbons (Fsp3) is 0.467. The van der Waals surface area contributed by atoms with Crippen molar-refractivity contribution in [2.24, 2.45) is 0 Å². The maximum absolute atomic E-state index is 10.2. The van der Waals surface area contributed by atoms with E-state index in [4.69, 9.17) is 0 Å². The number of hydrogen-bond acceptors (Lipinski definition) is 2. The van der Waals surface area contributed by atoms with Crippen LogP contribution in [0.4, 0.5) is 0 Å². The molecule has 2 rings (SSSR count). The highest BCUT2D eigenvalue weighted by molar-refractivity contribution is 5.79. The van der Waals surface area contributed by atoms with E-state index in [1.807, 2.05) is 20.0 Å². The molecule has 0 saturated carbocycles. The standard InChI is InChI=1S/C15H22N2O/c1-3-15(18,4-2)11-16-10-12-5-6-14-13(9-12)7-8-17-14/h5-9,16-18H,3-4,10-11H2,1-2H3. The van der Waals surface area contributed by atoms with E-state index in [1.165, 1.54) is 10.9 Å². The molecule has 3 N–H and O–H groups in total. The van der Waals surface area contributed by atoms with E-state index >= 15 is 0 Å². The number of H-pyrrole nitrogens is 1. The molecule has 0 bridgehead atoms. The third-order valence-corrected chi connectivity index (χ3v) is 3.72. The molecule has 2 aromatic rings. The van der Waals surface area contributed by atoms with Crippen molar-refractivity contribution in [1.82, 2.24) is 10.3 Å². The second-order valence-corrected chi connectivity index (χ2v) is 4.93. The lowest BCUT2D eigenvalue weighted by Gasteiger charge is -2.25. The average molecular weight is 246 g/mol. The summed E-state index contributed by atoms with van der Waals surface area (Å²) in [6.45, 7) is 5.49. The lowest BCUT2D eigenvalue weighted by molar-refractivity contribution is 0.0323. The Morgan fingerprint density at radius 2 is 2.00 bits per heavy atom. The van der Waals surface area contributed by atoms with Gasteiger partial charge < -0.3 is 15.4 Å². The number of nitrogens with one attached hydrogen (secondary N) is 2. The second-order valence-electron chi connectivity index (χ2n) is 4.93. The predicted octanol–water partition coefficient (Wildman–Crippen LogP) is 2.81. The Morgan fingerprint density at radius 1 is 1.22 bits per heavy atom. The van der Waals surface area contributed by atoms with E-state index in [0.29, 0.717) is 6.54 Å². The van der Waals surface area contributed by atoms with Crippen LogP contribution in [-0.4, -0.2) is 22.2 Å². The summed E-state index contributed by atoms with van der Waals surface area (Å²) in [5, 5.41) is 14.8. The minimum Gasteiger partial charge on any atom is -0.389 e. The van der Waals surface area contributed by atoms with E-state index in [1.54, 1.807) is 0 Å². The minimum absolute atomic E-state index is 0.571. The monoisotopic (exact) mass is 246 g/mol. The molecule has 1 aromatic carbocycles. The molecular formula is C15H22N2O. The first-order chi connectivity index (χ1) is 8.67. The van der Waals surface area contributed by atoms with Gasteiger partial charge in [-0.05, 0) is 42.0 Å². The molecular weight excluding hydrogens is 224 g/mol. The van der Waals surface area contributed by atoms with Gasteiger partial charge in [-0.1, -0.05) is 19.9 Å². The Morgan fingerprint density at radius 3 is 2.72 bits per heavy atom. The van der Waals surface area contributed by atoms with Crippen molar-refractivity contribution >= 4 is 10.9 Å². The van der Waals surface area contributed by atoms with Crippen LogP contribution in [0.15, 0.2) is 30.5 Å². The van der Waals surface area contributed by atoms with Crippen LogP contribution in [0.1, 0.15) is 32.3 Å². The summed E-state index contributed by atoms with van der Waals surface area (Å²) in [4.78, 5) is 3.18. The van der Waals surface area contributed by atoms with E-state index < -0.39 is 5.60 Å². The summed E-state index contributed by atoms with van der Waals surface area (Å²) in [7, 11) is 0. The maximum atomic E-state index is 10.2. The Hall–Kier alpha value is -1.32. The highest BCUT2D eigenvalue weighted by Crippen LogP contribution is 2.15. The SMILES string of the molecule is CCC(O)(CC)CNCc1ccc2[nH]ccc2c1. The Balaban J connectivity index is 1.93. The zero-order valence-corrected chi connectivity index (χ0v) is 11.2. The highest BCUT2D eigenvalue weighted by atomic mass is 16.3. The van der Waals surface area contributed by atoms with E-state index in [2.05, 4.69) is 34.6 Å². The van der Waals surface area contributed by atoms with Gasteiger partial charge in [-0.3, -0.25) is 0 Å². The summed E-state index contributed by atoms with van der Waals surface area (Å²) in [6, 6.07) is 8.46. The van der Waals surface area contributed by atoms with Crippen molar-refractivity contribution in [1.29, 1.82) is 0 Å². The largest absolute Gasteiger partial charge is 0.389 e. The summed E-state index contributed by atoms with van der Waals surface area (Å²) in [5.41, 5.74) is 1.84. The molecule has 0 aliphatic carbocycles. The van der Waals surface area contributed by atoms with Crippen LogP contribution in [0, 0.1) is 0 Å².